The maximum absolute atomic E-state index is 8.94. The first kappa shape index (κ1) is 10.1. The molecule has 0 unspecified atom stereocenters. The van der Waals surface area contributed by atoms with Crippen molar-refractivity contribution in [3.05, 3.63) is 54.1 Å². The van der Waals surface area contributed by atoms with Crippen LogP contribution in [-0.2, 0) is 0 Å². The molecule has 0 heterocycles. The molecule has 2 N–H and O–H groups in total. The summed E-state index contributed by atoms with van der Waals surface area (Å²) in [4.78, 5) is 0. The standard InChI is InChI=1S/C13H10N2O/c14-9-10-5-4-8-12(15)13(10)16-11-6-2-1-3-7-11/h1-8H,15H2. The third-order valence-electron chi connectivity index (χ3n) is 2.13. The number of nitrogens with two attached hydrogens (primary N) is 1. The predicted molar refractivity (Wildman–Crippen MR) is 62.1 cm³/mol. The molecular weight excluding hydrogens is 200 g/mol. The van der Waals surface area contributed by atoms with Crippen molar-refractivity contribution in [3.63, 3.8) is 0 Å². The number of nitrogens with zero attached hydrogens (tertiary/aromatic N) is 1. The molecule has 16 heavy (non-hydrogen) atoms. The Morgan fingerprint density at radius 3 is 2.44 bits per heavy atom. The van der Waals surface area contributed by atoms with E-state index in [-0.39, 0.29) is 0 Å². The quantitative estimate of drug-likeness (QED) is 0.775. The lowest BCUT2D eigenvalue weighted by Gasteiger charge is -2.09. The number of hydrogen-bond donors (Lipinski definition) is 1. The highest BCUT2D eigenvalue weighted by atomic mass is 16.5. The first-order valence-electron chi connectivity index (χ1n) is 4.83. The Labute approximate surface area is 93.7 Å². The Morgan fingerprint density at radius 2 is 1.75 bits per heavy atom. The zero-order valence-electron chi connectivity index (χ0n) is 8.55. The number of para-hydroxylation sites is 2. The van der Waals surface area contributed by atoms with Crippen LogP contribution in [0.25, 0.3) is 0 Å². The van der Waals surface area contributed by atoms with Crippen LogP contribution in [0.3, 0.4) is 0 Å². The van der Waals surface area contributed by atoms with E-state index in [1.807, 2.05) is 30.3 Å². The highest BCUT2D eigenvalue weighted by molar-refractivity contribution is 5.61. The van der Waals surface area contributed by atoms with Crippen molar-refractivity contribution in [2.45, 2.75) is 0 Å². The van der Waals surface area contributed by atoms with Gasteiger partial charge in [0.1, 0.15) is 11.8 Å². The van der Waals surface area contributed by atoms with E-state index in [2.05, 4.69) is 6.07 Å². The van der Waals surface area contributed by atoms with Crippen molar-refractivity contribution in [2.24, 2.45) is 0 Å². The monoisotopic (exact) mass is 210 g/mol. The number of ether oxygens (including phenoxy) is 1. The largest absolute Gasteiger partial charge is 0.454 e. The lowest BCUT2D eigenvalue weighted by molar-refractivity contribution is 0.483. The Balaban J connectivity index is 2.39. The zero-order valence-corrected chi connectivity index (χ0v) is 8.55. The highest BCUT2D eigenvalue weighted by Gasteiger charge is 2.07. The number of benzene rings is 2. The van der Waals surface area contributed by atoms with E-state index in [1.165, 1.54) is 0 Å². The summed E-state index contributed by atoms with van der Waals surface area (Å²) >= 11 is 0. The van der Waals surface area contributed by atoms with Crippen LogP contribution in [0.4, 0.5) is 5.69 Å². The van der Waals surface area contributed by atoms with Crippen molar-refractivity contribution < 1.29 is 4.74 Å². The van der Waals surface area contributed by atoms with Gasteiger partial charge in [-0.15, -0.1) is 0 Å². The van der Waals surface area contributed by atoms with Gasteiger partial charge in [0.05, 0.1) is 11.3 Å². The Bertz CT molecular complexity index is 529. The smallest absolute Gasteiger partial charge is 0.168 e. The summed E-state index contributed by atoms with van der Waals surface area (Å²) in [5.74, 6) is 1.08. The normalized spacial score (nSPS) is 9.44. The van der Waals surface area contributed by atoms with Crippen LogP contribution in [0, 0.1) is 11.3 Å². The topological polar surface area (TPSA) is 59.0 Å². The SMILES string of the molecule is N#Cc1cccc(N)c1Oc1ccccc1. The van der Waals surface area contributed by atoms with Gasteiger partial charge in [-0.25, -0.2) is 0 Å². The van der Waals surface area contributed by atoms with Gasteiger partial charge in [-0.1, -0.05) is 24.3 Å². The maximum Gasteiger partial charge on any atom is 0.168 e. The minimum absolute atomic E-state index is 0.413. The molecule has 2 aromatic rings. The molecule has 78 valence electrons. The fraction of sp³-hybridized carbons (Fsp3) is 0. The number of hydrogen-bond acceptors (Lipinski definition) is 3. The molecule has 0 aliphatic carbocycles. The van der Waals surface area contributed by atoms with Crippen LogP contribution in [-0.4, -0.2) is 0 Å². The van der Waals surface area contributed by atoms with Gasteiger partial charge in [-0.3, -0.25) is 0 Å². The average Bonchev–Trinajstić information content (AvgIpc) is 2.33. The zero-order chi connectivity index (χ0) is 11.4. The second-order valence-electron chi connectivity index (χ2n) is 3.25. The van der Waals surface area contributed by atoms with E-state index >= 15 is 0 Å². The van der Waals surface area contributed by atoms with E-state index in [0.29, 0.717) is 22.7 Å². The third kappa shape index (κ3) is 1.96. The molecule has 0 radical (unpaired) electrons. The van der Waals surface area contributed by atoms with Gasteiger partial charge in [0.2, 0.25) is 0 Å². The number of rotatable bonds is 2. The second-order valence-corrected chi connectivity index (χ2v) is 3.25. The molecule has 0 aliphatic rings. The van der Waals surface area contributed by atoms with Crippen LogP contribution in [0.1, 0.15) is 5.56 Å². The third-order valence-corrected chi connectivity index (χ3v) is 2.13. The van der Waals surface area contributed by atoms with E-state index in [0.717, 1.165) is 0 Å². The summed E-state index contributed by atoms with van der Waals surface area (Å²) in [7, 11) is 0. The fourth-order valence-electron chi connectivity index (χ4n) is 1.36. The molecule has 0 spiro atoms. The lowest BCUT2D eigenvalue weighted by atomic mass is 10.2. The van der Waals surface area contributed by atoms with Crippen LogP contribution >= 0.6 is 0 Å². The first-order valence-corrected chi connectivity index (χ1v) is 4.83. The molecule has 0 aromatic heterocycles. The molecule has 2 rings (SSSR count). The van der Waals surface area contributed by atoms with Crippen LogP contribution in [0.5, 0.6) is 11.5 Å². The molecule has 3 heteroatoms. The molecule has 0 fully saturated rings. The summed E-state index contributed by atoms with van der Waals surface area (Å²) in [5.41, 5.74) is 6.66. The number of anilines is 1. The van der Waals surface area contributed by atoms with E-state index in [9.17, 15) is 0 Å². The Kier molecular flexibility index (Phi) is 2.75. The predicted octanol–water partition coefficient (Wildman–Crippen LogP) is 2.93. The van der Waals surface area contributed by atoms with Gasteiger partial charge in [0, 0.05) is 0 Å². The van der Waals surface area contributed by atoms with Crippen LogP contribution in [0.2, 0.25) is 0 Å². The minimum atomic E-state index is 0.413. The molecule has 0 bridgehead atoms. The maximum atomic E-state index is 8.94. The summed E-state index contributed by atoms with van der Waals surface area (Å²) in [6.45, 7) is 0. The van der Waals surface area contributed by atoms with Gasteiger partial charge in [0.25, 0.3) is 0 Å². The molecule has 0 aliphatic heterocycles. The first-order chi connectivity index (χ1) is 7.81. The Morgan fingerprint density at radius 1 is 1.00 bits per heavy atom. The fourth-order valence-corrected chi connectivity index (χ4v) is 1.36. The highest BCUT2D eigenvalue weighted by Crippen LogP contribution is 2.30. The molecule has 0 saturated carbocycles. The van der Waals surface area contributed by atoms with E-state index in [1.54, 1.807) is 18.2 Å². The van der Waals surface area contributed by atoms with Gasteiger partial charge < -0.3 is 10.5 Å². The second kappa shape index (κ2) is 4.37. The van der Waals surface area contributed by atoms with Crippen LogP contribution in [0.15, 0.2) is 48.5 Å². The van der Waals surface area contributed by atoms with Crippen molar-refractivity contribution in [1.29, 1.82) is 5.26 Å². The van der Waals surface area contributed by atoms with E-state index in [4.69, 9.17) is 15.7 Å². The molecule has 0 atom stereocenters. The Hall–Kier alpha value is -2.47. The lowest BCUT2D eigenvalue weighted by Crippen LogP contribution is -1.94. The molecule has 2 aromatic carbocycles. The van der Waals surface area contributed by atoms with Gasteiger partial charge in [0.15, 0.2) is 5.75 Å². The molecule has 0 saturated heterocycles. The summed E-state index contributed by atoms with van der Waals surface area (Å²) in [5, 5.41) is 8.94. The minimum Gasteiger partial charge on any atom is -0.454 e. The van der Waals surface area contributed by atoms with E-state index < -0.39 is 0 Å². The van der Waals surface area contributed by atoms with Gasteiger partial charge in [-0.2, -0.15) is 5.26 Å². The van der Waals surface area contributed by atoms with Gasteiger partial charge in [-0.05, 0) is 24.3 Å². The number of nitriles is 1. The molecule has 3 nitrogen and oxygen atoms in total. The summed E-state index contributed by atoms with van der Waals surface area (Å²) in [6.07, 6.45) is 0. The van der Waals surface area contributed by atoms with Crippen molar-refractivity contribution in [1.82, 2.24) is 0 Å². The van der Waals surface area contributed by atoms with Crippen LogP contribution < -0.4 is 10.5 Å². The van der Waals surface area contributed by atoms with Crippen molar-refractivity contribution in [2.75, 3.05) is 5.73 Å². The van der Waals surface area contributed by atoms with Crippen molar-refractivity contribution >= 4 is 5.69 Å². The molecule has 0 amide bonds. The van der Waals surface area contributed by atoms with Crippen molar-refractivity contribution in [3.8, 4) is 17.6 Å². The summed E-state index contributed by atoms with van der Waals surface area (Å²) < 4.78 is 5.58. The average molecular weight is 210 g/mol. The van der Waals surface area contributed by atoms with Gasteiger partial charge >= 0.3 is 0 Å². The molecular formula is C13H10N2O. The summed E-state index contributed by atoms with van der Waals surface area (Å²) in [6, 6.07) is 16.4. The number of nitrogen functional groups attached to an aromatic ring is 1.